The van der Waals surface area contributed by atoms with Crippen molar-refractivity contribution < 1.29 is 26.9 Å². The van der Waals surface area contributed by atoms with Crippen molar-refractivity contribution in [2.75, 3.05) is 11.1 Å². The number of halogens is 4. The summed E-state index contributed by atoms with van der Waals surface area (Å²) in [6, 6.07) is 8.79. The summed E-state index contributed by atoms with van der Waals surface area (Å²) in [6.07, 6.45) is -4.42. The summed E-state index contributed by atoms with van der Waals surface area (Å²) >= 11 is 1.19. The van der Waals surface area contributed by atoms with Crippen molar-refractivity contribution in [3.05, 3.63) is 65.3 Å². The normalized spacial score (nSPS) is 11.5. The fourth-order valence-electron chi connectivity index (χ4n) is 2.33. The number of aromatic nitrogens is 2. The van der Waals surface area contributed by atoms with Gasteiger partial charge in [-0.05, 0) is 42.8 Å². The van der Waals surface area contributed by atoms with Crippen LogP contribution in [0.3, 0.4) is 0 Å². The van der Waals surface area contributed by atoms with Crippen molar-refractivity contribution in [3.8, 4) is 11.4 Å². The standard InChI is InChI=1S/C19H15F4N3O2S/c1-11-2-3-12(8-15(11)20)18-25-17(28-26-18)10-29-9-16(27)24-14-6-4-13(5-7-14)19(21,22)23/h2-8H,9-10H2,1H3,(H,24,27). The largest absolute Gasteiger partial charge is 0.416 e. The molecule has 1 N–H and O–H groups in total. The minimum atomic E-state index is -4.42. The van der Waals surface area contributed by atoms with Crippen LogP contribution in [0.5, 0.6) is 0 Å². The Labute approximate surface area is 167 Å². The topological polar surface area (TPSA) is 68.0 Å². The highest BCUT2D eigenvalue weighted by Crippen LogP contribution is 2.29. The maximum atomic E-state index is 13.6. The summed E-state index contributed by atoms with van der Waals surface area (Å²) < 4.78 is 56.3. The van der Waals surface area contributed by atoms with Gasteiger partial charge in [0.25, 0.3) is 0 Å². The van der Waals surface area contributed by atoms with E-state index in [-0.39, 0.29) is 40.6 Å². The van der Waals surface area contributed by atoms with Crippen molar-refractivity contribution in [1.82, 2.24) is 10.1 Å². The first-order chi connectivity index (χ1) is 13.7. The van der Waals surface area contributed by atoms with Gasteiger partial charge in [0, 0.05) is 11.3 Å². The van der Waals surface area contributed by atoms with Crippen molar-refractivity contribution in [2.24, 2.45) is 0 Å². The molecule has 0 saturated carbocycles. The number of carbonyl (C=O) groups is 1. The van der Waals surface area contributed by atoms with Crippen LogP contribution in [0.2, 0.25) is 0 Å². The highest BCUT2D eigenvalue weighted by Gasteiger charge is 2.29. The number of alkyl halides is 3. The van der Waals surface area contributed by atoms with Crippen LogP contribution >= 0.6 is 11.8 Å². The quantitative estimate of drug-likeness (QED) is 0.558. The number of hydrogen-bond acceptors (Lipinski definition) is 5. The third-order valence-corrected chi connectivity index (χ3v) is 4.77. The molecule has 1 amide bonds. The van der Waals surface area contributed by atoms with Gasteiger partial charge in [-0.25, -0.2) is 4.39 Å². The molecule has 1 aromatic heterocycles. The molecule has 0 aliphatic rings. The molecule has 2 aromatic carbocycles. The third kappa shape index (κ3) is 5.57. The zero-order valence-electron chi connectivity index (χ0n) is 15.1. The number of hydrogen-bond donors (Lipinski definition) is 1. The number of carbonyl (C=O) groups excluding carboxylic acids is 1. The van der Waals surface area contributed by atoms with E-state index < -0.39 is 11.7 Å². The van der Waals surface area contributed by atoms with Gasteiger partial charge in [0.15, 0.2) is 0 Å². The molecule has 0 unspecified atom stereocenters. The minimum Gasteiger partial charge on any atom is -0.338 e. The fraction of sp³-hybridized carbons (Fsp3) is 0.211. The Balaban J connectivity index is 1.49. The summed E-state index contributed by atoms with van der Waals surface area (Å²) in [4.78, 5) is 16.1. The Bertz CT molecular complexity index is 1000. The third-order valence-electron chi connectivity index (χ3n) is 3.85. The Morgan fingerprint density at radius 3 is 2.55 bits per heavy atom. The van der Waals surface area contributed by atoms with Gasteiger partial charge in [-0.15, -0.1) is 11.8 Å². The van der Waals surface area contributed by atoms with Crippen molar-refractivity contribution in [1.29, 1.82) is 0 Å². The van der Waals surface area contributed by atoms with Crippen LogP contribution < -0.4 is 5.32 Å². The van der Waals surface area contributed by atoms with Gasteiger partial charge >= 0.3 is 6.18 Å². The van der Waals surface area contributed by atoms with Gasteiger partial charge in [-0.1, -0.05) is 17.3 Å². The maximum absolute atomic E-state index is 13.6. The Kier molecular flexibility index (Phi) is 6.21. The van der Waals surface area contributed by atoms with Crippen molar-refractivity contribution in [2.45, 2.75) is 18.9 Å². The van der Waals surface area contributed by atoms with E-state index in [2.05, 4.69) is 15.5 Å². The maximum Gasteiger partial charge on any atom is 0.416 e. The monoisotopic (exact) mass is 425 g/mol. The van der Waals surface area contributed by atoms with Gasteiger partial charge in [-0.2, -0.15) is 18.2 Å². The molecule has 3 rings (SSSR count). The van der Waals surface area contributed by atoms with E-state index in [1.54, 1.807) is 19.1 Å². The molecule has 29 heavy (non-hydrogen) atoms. The second-order valence-electron chi connectivity index (χ2n) is 6.09. The molecule has 0 radical (unpaired) electrons. The lowest BCUT2D eigenvalue weighted by Gasteiger charge is -2.08. The molecule has 0 spiro atoms. The van der Waals surface area contributed by atoms with E-state index in [0.717, 1.165) is 12.1 Å². The summed E-state index contributed by atoms with van der Waals surface area (Å²) in [7, 11) is 0. The van der Waals surface area contributed by atoms with Crippen molar-refractivity contribution >= 4 is 23.4 Å². The molecule has 152 valence electrons. The average Bonchev–Trinajstić information content (AvgIpc) is 3.12. The number of thioether (sulfide) groups is 1. The van der Waals surface area contributed by atoms with Gasteiger partial charge < -0.3 is 9.84 Å². The first-order valence-corrected chi connectivity index (χ1v) is 9.52. The second-order valence-corrected chi connectivity index (χ2v) is 7.08. The lowest BCUT2D eigenvalue weighted by molar-refractivity contribution is -0.137. The van der Waals surface area contributed by atoms with Gasteiger partial charge in [0.2, 0.25) is 17.6 Å². The lowest BCUT2D eigenvalue weighted by Crippen LogP contribution is -2.14. The molecule has 0 fully saturated rings. The smallest absolute Gasteiger partial charge is 0.338 e. The van der Waals surface area contributed by atoms with Crippen LogP contribution in [0.4, 0.5) is 23.2 Å². The Morgan fingerprint density at radius 2 is 1.90 bits per heavy atom. The predicted molar refractivity (Wildman–Crippen MR) is 101 cm³/mol. The molecule has 3 aromatic rings. The van der Waals surface area contributed by atoms with E-state index in [1.165, 1.54) is 30.0 Å². The van der Waals surface area contributed by atoms with E-state index in [1.807, 2.05) is 0 Å². The predicted octanol–water partition coefficient (Wildman–Crippen LogP) is 5.07. The number of anilines is 1. The highest BCUT2D eigenvalue weighted by molar-refractivity contribution is 7.99. The van der Waals surface area contributed by atoms with E-state index in [4.69, 9.17) is 4.52 Å². The number of amides is 1. The number of aryl methyl sites for hydroxylation is 1. The van der Waals surface area contributed by atoms with Crippen LogP contribution in [0.15, 0.2) is 47.0 Å². The van der Waals surface area contributed by atoms with Gasteiger partial charge in [-0.3, -0.25) is 4.79 Å². The van der Waals surface area contributed by atoms with E-state index in [9.17, 15) is 22.4 Å². The molecule has 10 heteroatoms. The van der Waals surface area contributed by atoms with Crippen LogP contribution in [-0.2, 0) is 16.7 Å². The molecule has 5 nitrogen and oxygen atoms in total. The zero-order chi connectivity index (χ0) is 21.0. The Morgan fingerprint density at radius 1 is 1.17 bits per heavy atom. The zero-order valence-corrected chi connectivity index (χ0v) is 15.9. The summed E-state index contributed by atoms with van der Waals surface area (Å²) in [5.41, 5.74) is 0.468. The molecular weight excluding hydrogens is 410 g/mol. The molecule has 0 atom stereocenters. The van der Waals surface area contributed by atoms with Gasteiger partial charge in [0.1, 0.15) is 5.82 Å². The molecule has 0 aliphatic heterocycles. The van der Waals surface area contributed by atoms with Crippen LogP contribution in [-0.4, -0.2) is 21.8 Å². The second kappa shape index (κ2) is 8.64. The number of nitrogens with zero attached hydrogens (tertiary/aromatic N) is 2. The minimum absolute atomic E-state index is 0.0396. The summed E-state index contributed by atoms with van der Waals surface area (Å²) in [5, 5.41) is 6.31. The molecule has 0 aliphatic carbocycles. The first kappa shape index (κ1) is 20.8. The summed E-state index contributed by atoms with van der Waals surface area (Å²) in [6.45, 7) is 1.65. The SMILES string of the molecule is Cc1ccc(-c2noc(CSCC(=O)Nc3ccc(C(F)(F)F)cc3)n2)cc1F. The van der Waals surface area contributed by atoms with Crippen LogP contribution in [0.25, 0.3) is 11.4 Å². The molecular formula is C19H15F4N3O2S. The molecule has 0 saturated heterocycles. The van der Waals surface area contributed by atoms with Crippen LogP contribution in [0.1, 0.15) is 17.0 Å². The molecule has 0 bridgehead atoms. The summed E-state index contributed by atoms with van der Waals surface area (Å²) in [5.74, 6) is 0.0555. The number of rotatable bonds is 6. The fourth-order valence-corrected chi connectivity index (χ4v) is 2.98. The van der Waals surface area contributed by atoms with E-state index >= 15 is 0 Å². The number of benzene rings is 2. The van der Waals surface area contributed by atoms with Crippen LogP contribution in [0, 0.1) is 12.7 Å². The number of nitrogens with one attached hydrogen (secondary N) is 1. The van der Waals surface area contributed by atoms with Crippen molar-refractivity contribution in [3.63, 3.8) is 0 Å². The van der Waals surface area contributed by atoms with Gasteiger partial charge in [0.05, 0.1) is 17.1 Å². The molecule has 1 heterocycles. The van der Waals surface area contributed by atoms with E-state index in [0.29, 0.717) is 11.1 Å². The average molecular weight is 425 g/mol. The first-order valence-electron chi connectivity index (χ1n) is 8.36. The highest BCUT2D eigenvalue weighted by atomic mass is 32.2. The Hall–Kier alpha value is -2.88. The lowest BCUT2D eigenvalue weighted by atomic mass is 10.1.